The molecule has 5 aromatic rings. The van der Waals surface area contributed by atoms with Gasteiger partial charge in [-0.2, -0.15) is 0 Å². The number of hydrogen-bond acceptors (Lipinski definition) is 6. The van der Waals surface area contributed by atoms with Crippen LogP contribution in [0.3, 0.4) is 0 Å². The number of methoxy groups -OCH3 is 1. The van der Waals surface area contributed by atoms with E-state index in [1.165, 1.54) is 0 Å². The molecule has 6 heteroatoms. The molecule has 0 aliphatic rings. The van der Waals surface area contributed by atoms with Gasteiger partial charge in [0.15, 0.2) is 5.82 Å². The third-order valence-electron chi connectivity index (χ3n) is 5.23. The summed E-state index contributed by atoms with van der Waals surface area (Å²) in [6.07, 6.45) is 7.10. The molecular weight excluding hydrogens is 398 g/mol. The number of nitrogens with zero attached hydrogens (tertiary/aromatic N) is 4. The van der Waals surface area contributed by atoms with Crippen LogP contribution in [0.2, 0.25) is 0 Å². The molecule has 0 fully saturated rings. The number of rotatable bonds is 6. The van der Waals surface area contributed by atoms with Crippen molar-refractivity contribution in [2.24, 2.45) is 0 Å². The molecule has 0 saturated heterocycles. The normalized spacial score (nSPS) is 10.8. The summed E-state index contributed by atoms with van der Waals surface area (Å²) in [4.78, 5) is 18.0. The monoisotopic (exact) mass is 419 g/mol. The molecule has 0 amide bonds. The molecule has 156 valence electrons. The molecule has 3 aromatic heterocycles. The van der Waals surface area contributed by atoms with Crippen molar-refractivity contribution in [2.45, 2.75) is 6.54 Å². The molecule has 0 spiro atoms. The van der Waals surface area contributed by atoms with E-state index in [1.807, 2.05) is 48.5 Å². The number of anilines is 1. The van der Waals surface area contributed by atoms with Gasteiger partial charge in [0.25, 0.3) is 0 Å². The molecule has 0 bridgehead atoms. The first-order valence-electron chi connectivity index (χ1n) is 10.3. The lowest BCUT2D eigenvalue weighted by Crippen LogP contribution is -2.04. The maximum atomic E-state index is 5.39. The Labute approximate surface area is 186 Å². The first-order chi connectivity index (χ1) is 15.8. The number of nitrogens with one attached hydrogen (secondary N) is 1. The lowest BCUT2D eigenvalue weighted by Gasteiger charge is -2.13. The van der Waals surface area contributed by atoms with Crippen LogP contribution in [-0.2, 0) is 6.54 Å². The average Bonchev–Trinajstić information content (AvgIpc) is 2.88. The summed E-state index contributed by atoms with van der Waals surface area (Å²) < 4.78 is 5.39. The van der Waals surface area contributed by atoms with Crippen LogP contribution in [0.1, 0.15) is 5.56 Å². The van der Waals surface area contributed by atoms with Crippen molar-refractivity contribution in [3.63, 3.8) is 0 Å². The van der Waals surface area contributed by atoms with Gasteiger partial charge in [0.1, 0.15) is 11.6 Å². The van der Waals surface area contributed by atoms with Crippen LogP contribution in [0.5, 0.6) is 5.75 Å². The Morgan fingerprint density at radius 3 is 2.44 bits per heavy atom. The summed E-state index contributed by atoms with van der Waals surface area (Å²) in [5, 5.41) is 4.44. The van der Waals surface area contributed by atoms with Crippen molar-refractivity contribution in [3.05, 3.63) is 97.1 Å². The fraction of sp³-hybridized carbons (Fsp3) is 0.0769. The van der Waals surface area contributed by atoms with Crippen LogP contribution in [0, 0.1) is 0 Å². The summed E-state index contributed by atoms with van der Waals surface area (Å²) in [5.74, 6) is 2.23. The summed E-state index contributed by atoms with van der Waals surface area (Å²) in [5.41, 5.74) is 5.00. The number of aromatic nitrogens is 4. The second-order valence-electron chi connectivity index (χ2n) is 7.31. The smallest absolute Gasteiger partial charge is 0.163 e. The lowest BCUT2D eigenvalue weighted by molar-refractivity contribution is 0.415. The van der Waals surface area contributed by atoms with Gasteiger partial charge in [0.05, 0.1) is 12.6 Å². The number of hydrogen-bond donors (Lipinski definition) is 1. The van der Waals surface area contributed by atoms with Crippen molar-refractivity contribution >= 4 is 16.7 Å². The van der Waals surface area contributed by atoms with Crippen LogP contribution in [0.25, 0.3) is 33.4 Å². The zero-order valence-electron chi connectivity index (χ0n) is 17.6. The predicted octanol–water partition coefficient (Wildman–Crippen LogP) is 5.37. The number of benzene rings is 2. The van der Waals surface area contributed by atoms with E-state index < -0.39 is 0 Å². The molecule has 0 unspecified atom stereocenters. The van der Waals surface area contributed by atoms with E-state index in [2.05, 4.69) is 33.5 Å². The molecule has 5 rings (SSSR count). The third kappa shape index (κ3) is 4.11. The van der Waals surface area contributed by atoms with E-state index in [9.17, 15) is 0 Å². The zero-order chi connectivity index (χ0) is 21.8. The largest absolute Gasteiger partial charge is 0.497 e. The van der Waals surface area contributed by atoms with Gasteiger partial charge >= 0.3 is 0 Å². The van der Waals surface area contributed by atoms with Crippen LogP contribution < -0.4 is 10.1 Å². The molecule has 0 saturated carbocycles. The van der Waals surface area contributed by atoms with E-state index >= 15 is 0 Å². The van der Waals surface area contributed by atoms with E-state index in [-0.39, 0.29) is 0 Å². The third-order valence-corrected chi connectivity index (χ3v) is 5.23. The SMILES string of the molecule is COc1cccc(-c2ccc3nc(-c4cccnc4)nc(NCc4ccncc4)c3c2)c1. The Bertz CT molecular complexity index is 1360. The number of pyridine rings is 2. The second-order valence-corrected chi connectivity index (χ2v) is 7.31. The number of ether oxygens (including phenoxy) is 1. The first kappa shape index (κ1) is 19.6. The molecule has 6 nitrogen and oxygen atoms in total. The summed E-state index contributed by atoms with van der Waals surface area (Å²) in [7, 11) is 1.68. The topological polar surface area (TPSA) is 72.8 Å². The standard InChI is InChI=1S/C26H21N5O/c1-32-22-6-2-4-19(14-22)20-7-8-24-23(15-20)26(29-16-18-9-12-27-13-10-18)31-25(30-24)21-5-3-11-28-17-21/h2-15,17H,16H2,1H3,(H,29,30,31). The van der Waals surface area contributed by atoms with Crippen molar-refractivity contribution in [1.29, 1.82) is 0 Å². The van der Waals surface area contributed by atoms with E-state index in [0.29, 0.717) is 12.4 Å². The fourth-order valence-electron chi connectivity index (χ4n) is 3.56. The van der Waals surface area contributed by atoms with Gasteiger partial charge in [-0.1, -0.05) is 18.2 Å². The minimum absolute atomic E-state index is 0.629. The predicted molar refractivity (Wildman–Crippen MR) is 126 cm³/mol. The highest BCUT2D eigenvalue weighted by atomic mass is 16.5. The van der Waals surface area contributed by atoms with Crippen molar-refractivity contribution in [1.82, 2.24) is 19.9 Å². The molecule has 0 aliphatic carbocycles. The highest BCUT2D eigenvalue weighted by molar-refractivity contribution is 5.94. The van der Waals surface area contributed by atoms with E-state index in [0.717, 1.165) is 44.7 Å². The van der Waals surface area contributed by atoms with Gasteiger partial charge in [-0.3, -0.25) is 9.97 Å². The van der Waals surface area contributed by atoms with Gasteiger partial charge in [0.2, 0.25) is 0 Å². The molecular formula is C26H21N5O. The Kier molecular flexibility index (Phi) is 5.41. The van der Waals surface area contributed by atoms with Crippen LogP contribution >= 0.6 is 0 Å². The highest BCUT2D eigenvalue weighted by Gasteiger charge is 2.12. The van der Waals surface area contributed by atoms with Crippen molar-refractivity contribution < 1.29 is 4.74 Å². The van der Waals surface area contributed by atoms with E-state index in [4.69, 9.17) is 14.7 Å². The van der Waals surface area contributed by atoms with E-state index in [1.54, 1.807) is 31.9 Å². The molecule has 2 aromatic carbocycles. The fourth-order valence-corrected chi connectivity index (χ4v) is 3.56. The highest BCUT2D eigenvalue weighted by Crippen LogP contribution is 2.31. The minimum Gasteiger partial charge on any atom is -0.497 e. The summed E-state index contributed by atoms with van der Waals surface area (Å²) >= 11 is 0. The Hall–Kier alpha value is -4.32. The maximum Gasteiger partial charge on any atom is 0.163 e. The van der Waals surface area contributed by atoms with Gasteiger partial charge in [0, 0.05) is 42.3 Å². The van der Waals surface area contributed by atoms with Gasteiger partial charge in [-0.25, -0.2) is 9.97 Å². The summed E-state index contributed by atoms with van der Waals surface area (Å²) in [6, 6.07) is 22.1. The first-order valence-corrected chi connectivity index (χ1v) is 10.3. The molecule has 0 atom stereocenters. The molecule has 0 radical (unpaired) electrons. The van der Waals surface area contributed by atoms with Crippen molar-refractivity contribution in [3.8, 4) is 28.3 Å². The second kappa shape index (κ2) is 8.81. The molecule has 32 heavy (non-hydrogen) atoms. The van der Waals surface area contributed by atoms with Crippen LogP contribution in [0.4, 0.5) is 5.82 Å². The van der Waals surface area contributed by atoms with Gasteiger partial charge in [-0.05, 0) is 65.2 Å². The lowest BCUT2D eigenvalue weighted by atomic mass is 10.0. The minimum atomic E-state index is 0.629. The van der Waals surface area contributed by atoms with Crippen LogP contribution in [-0.4, -0.2) is 27.0 Å². The molecule has 1 N–H and O–H groups in total. The zero-order valence-corrected chi connectivity index (χ0v) is 17.6. The van der Waals surface area contributed by atoms with Gasteiger partial charge in [-0.15, -0.1) is 0 Å². The Balaban J connectivity index is 1.61. The number of fused-ring (bicyclic) bond motifs is 1. The quantitative estimate of drug-likeness (QED) is 0.399. The van der Waals surface area contributed by atoms with Crippen molar-refractivity contribution in [2.75, 3.05) is 12.4 Å². The van der Waals surface area contributed by atoms with Crippen LogP contribution in [0.15, 0.2) is 91.5 Å². The molecule has 0 aliphatic heterocycles. The molecule has 3 heterocycles. The maximum absolute atomic E-state index is 5.39. The van der Waals surface area contributed by atoms with Gasteiger partial charge < -0.3 is 10.1 Å². The summed E-state index contributed by atoms with van der Waals surface area (Å²) in [6.45, 7) is 0.629. The average molecular weight is 419 g/mol. The Morgan fingerprint density at radius 1 is 0.781 bits per heavy atom. The Morgan fingerprint density at radius 2 is 1.62 bits per heavy atom.